The number of carbonyl (C=O) groups is 2. The van der Waals surface area contributed by atoms with E-state index in [2.05, 4.69) is 15.5 Å². The summed E-state index contributed by atoms with van der Waals surface area (Å²) in [5.41, 5.74) is 1.37. The summed E-state index contributed by atoms with van der Waals surface area (Å²) in [4.78, 5) is 23.6. The van der Waals surface area contributed by atoms with Crippen molar-refractivity contribution in [2.45, 2.75) is 24.9 Å². The molecule has 1 heterocycles. The van der Waals surface area contributed by atoms with E-state index in [1.54, 1.807) is 30.3 Å². The van der Waals surface area contributed by atoms with Gasteiger partial charge in [-0.2, -0.15) is 0 Å². The van der Waals surface area contributed by atoms with Gasteiger partial charge in [-0.25, -0.2) is 0 Å². The minimum Gasteiger partial charge on any atom is -0.356 e. The number of aromatic nitrogens is 3. The second-order valence-corrected chi connectivity index (χ2v) is 8.34. The molecule has 156 valence electrons. The molecule has 9 heteroatoms. The minimum atomic E-state index is -0.0752. The Morgan fingerprint density at radius 1 is 1.07 bits per heavy atom. The first-order valence-electron chi connectivity index (χ1n) is 9.30. The van der Waals surface area contributed by atoms with Gasteiger partial charge in [-0.05, 0) is 24.6 Å². The number of amides is 1. The van der Waals surface area contributed by atoms with E-state index >= 15 is 0 Å². The average Bonchev–Trinajstić information content (AvgIpc) is 3.12. The molecular formula is C21H20Cl2N4O2S. The lowest BCUT2D eigenvalue weighted by Crippen LogP contribution is -2.21. The van der Waals surface area contributed by atoms with Crippen LogP contribution in [0.2, 0.25) is 10.0 Å². The Morgan fingerprint density at radius 2 is 1.77 bits per heavy atom. The first kappa shape index (κ1) is 22.3. The maximum atomic E-state index is 12.5. The molecule has 0 aliphatic heterocycles. The number of benzene rings is 2. The van der Waals surface area contributed by atoms with Gasteiger partial charge in [0.1, 0.15) is 5.82 Å². The van der Waals surface area contributed by atoms with Crippen LogP contribution in [-0.2, 0) is 11.2 Å². The van der Waals surface area contributed by atoms with E-state index in [1.807, 2.05) is 22.8 Å². The topological polar surface area (TPSA) is 76.9 Å². The Morgan fingerprint density at radius 3 is 2.43 bits per heavy atom. The van der Waals surface area contributed by atoms with Crippen LogP contribution < -0.4 is 5.32 Å². The summed E-state index contributed by atoms with van der Waals surface area (Å²) >= 11 is 13.7. The molecule has 0 aliphatic rings. The quantitative estimate of drug-likeness (QED) is 0.285. The SMILES string of the molecule is CC(=O)NCCCc1nnc(SCC(=O)c2ccccc2)n1-c1cc(Cl)cc(Cl)c1. The number of nitrogens with one attached hydrogen (secondary N) is 1. The number of hydrogen-bond donors (Lipinski definition) is 1. The number of thioether (sulfide) groups is 1. The second-order valence-electron chi connectivity index (χ2n) is 6.53. The van der Waals surface area contributed by atoms with E-state index in [4.69, 9.17) is 23.2 Å². The normalized spacial score (nSPS) is 10.8. The summed E-state index contributed by atoms with van der Waals surface area (Å²) in [5, 5.41) is 12.9. The molecule has 0 aliphatic carbocycles. The first-order chi connectivity index (χ1) is 14.4. The van der Waals surface area contributed by atoms with Crippen molar-refractivity contribution in [2.24, 2.45) is 0 Å². The number of rotatable bonds is 9. The fraction of sp³-hybridized carbons (Fsp3) is 0.238. The van der Waals surface area contributed by atoms with Gasteiger partial charge in [0.2, 0.25) is 5.91 Å². The van der Waals surface area contributed by atoms with Crippen LogP contribution in [0.4, 0.5) is 0 Å². The maximum Gasteiger partial charge on any atom is 0.216 e. The molecule has 0 saturated carbocycles. The molecule has 1 amide bonds. The summed E-state index contributed by atoms with van der Waals surface area (Å²) in [6.45, 7) is 2.02. The Hall–Kier alpha value is -2.35. The van der Waals surface area contributed by atoms with E-state index in [-0.39, 0.29) is 17.4 Å². The molecule has 0 radical (unpaired) electrons. The molecule has 6 nitrogen and oxygen atoms in total. The number of ketones is 1. The van der Waals surface area contributed by atoms with Gasteiger partial charge in [-0.1, -0.05) is 65.3 Å². The lowest BCUT2D eigenvalue weighted by molar-refractivity contribution is -0.118. The summed E-state index contributed by atoms with van der Waals surface area (Å²) in [6, 6.07) is 14.3. The van der Waals surface area contributed by atoms with Crippen LogP contribution in [0.15, 0.2) is 53.7 Å². The highest BCUT2D eigenvalue weighted by molar-refractivity contribution is 7.99. The highest BCUT2D eigenvalue weighted by Crippen LogP contribution is 2.28. The molecule has 0 saturated heterocycles. The van der Waals surface area contributed by atoms with Gasteiger partial charge < -0.3 is 5.32 Å². The molecule has 1 aromatic heterocycles. The molecule has 0 atom stereocenters. The number of Topliss-reactive ketones (excluding diaryl/α,β-unsaturated/α-hetero) is 1. The Bertz CT molecular complexity index is 1020. The van der Waals surface area contributed by atoms with Crippen molar-refractivity contribution in [1.82, 2.24) is 20.1 Å². The second kappa shape index (κ2) is 10.6. The third-order valence-corrected chi connectivity index (χ3v) is 5.55. The van der Waals surface area contributed by atoms with Crippen molar-refractivity contribution < 1.29 is 9.59 Å². The highest BCUT2D eigenvalue weighted by Gasteiger charge is 2.17. The van der Waals surface area contributed by atoms with E-state index in [0.717, 1.165) is 5.69 Å². The van der Waals surface area contributed by atoms with Crippen molar-refractivity contribution in [3.63, 3.8) is 0 Å². The van der Waals surface area contributed by atoms with E-state index in [9.17, 15) is 9.59 Å². The zero-order valence-corrected chi connectivity index (χ0v) is 18.6. The van der Waals surface area contributed by atoms with Crippen LogP contribution >= 0.6 is 35.0 Å². The third kappa shape index (κ3) is 6.08. The molecule has 30 heavy (non-hydrogen) atoms. The number of aryl methyl sites for hydroxylation is 1. The lowest BCUT2D eigenvalue weighted by Gasteiger charge is -2.11. The molecule has 1 N–H and O–H groups in total. The fourth-order valence-corrected chi connectivity index (χ4v) is 4.21. The first-order valence-corrected chi connectivity index (χ1v) is 11.0. The molecular weight excluding hydrogens is 443 g/mol. The van der Waals surface area contributed by atoms with Gasteiger partial charge >= 0.3 is 0 Å². The van der Waals surface area contributed by atoms with Crippen LogP contribution in [0, 0.1) is 0 Å². The van der Waals surface area contributed by atoms with Gasteiger partial charge in [0.15, 0.2) is 10.9 Å². The van der Waals surface area contributed by atoms with E-state index in [1.165, 1.54) is 18.7 Å². The van der Waals surface area contributed by atoms with E-state index < -0.39 is 0 Å². The van der Waals surface area contributed by atoms with Crippen LogP contribution in [0.25, 0.3) is 5.69 Å². The third-order valence-electron chi connectivity index (χ3n) is 4.19. The van der Waals surface area contributed by atoms with Gasteiger partial charge in [0.05, 0.1) is 11.4 Å². The van der Waals surface area contributed by atoms with Crippen LogP contribution in [0.1, 0.15) is 29.5 Å². The smallest absolute Gasteiger partial charge is 0.216 e. The lowest BCUT2D eigenvalue weighted by atomic mass is 10.2. The Balaban J connectivity index is 1.83. The van der Waals surface area contributed by atoms with Crippen molar-refractivity contribution in [3.05, 3.63) is 70.0 Å². The fourth-order valence-electron chi connectivity index (χ4n) is 2.83. The summed E-state index contributed by atoms with van der Waals surface area (Å²) in [5.74, 6) is 0.857. The molecule has 0 bridgehead atoms. The maximum absolute atomic E-state index is 12.5. The number of halogens is 2. The minimum absolute atomic E-state index is 0.00600. The van der Waals surface area contributed by atoms with Crippen molar-refractivity contribution in [3.8, 4) is 5.69 Å². The Labute approximate surface area is 189 Å². The molecule has 0 fully saturated rings. The van der Waals surface area contributed by atoms with Crippen LogP contribution in [-0.4, -0.2) is 38.8 Å². The highest BCUT2D eigenvalue weighted by atomic mass is 35.5. The number of nitrogens with zero attached hydrogens (tertiary/aromatic N) is 3. The number of hydrogen-bond acceptors (Lipinski definition) is 5. The van der Waals surface area contributed by atoms with Crippen molar-refractivity contribution >= 4 is 46.7 Å². The predicted molar refractivity (Wildman–Crippen MR) is 120 cm³/mol. The number of carbonyl (C=O) groups excluding carboxylic acids is 2. The van der Waals surface area contributed by atoms with E-state index in [0.29, 0.717) is 46.0 Å². The summed E-state index contributed by atoms with van der Waals surface area (Å²) < 4.78 is 1.86. The molecule has 3 aromatic rings. The molecule has 3 rings (SSSR count). The van der Waals surface area contributed by atoms with Gasteiger partial charge in [0.25, 0.3) is 0 Å². The Kier molecular flexibility index (Phi) is 7.90. The van der Waals surface area contributed by atoms with Crippen LogP contribution in [0.5, 0.6) is 0 Å². The summed E-state index contributed by atoms with van der Waals surface area (Å²) in [7, 11) is 0. The zero-order valence-electron chi connectivity index (χ0n) is 16.3. The zero-order chi connectivity index (χ0) is 21.5. The standard InChI is InChI=1S/C21H20Cl2N4O2S/c1-14(28)24-9-5-8-20-25-26-21(27(20)18-11-16(22)10-17(23)12-18)30-13-19(29)15-6-3-2-4-7-15/h2-4,6-7,10-12H,5,8-9,13H2,1H3,(H,24,28). The van der Waals surface area contributed by atoms with Crippen molar-refractivity contribution in [2.75, 3.05) is 12.3 Å². The van der Waals surface area contributed by atoms with Crippen molar-refractivity contribution in [1.29, 1.82) is 0 Å². The predicted octanol–water partition coefficient (Wildman–Crippen LogP) is 4.62. The molecule has 0 spiro atoms. The van der Waals surface area contributed by atoms with Gasteiger partial charge in [-0.15, -0.1) is 10.2 Å². The van der Waals surface area contributed by atoms with Gasteiger partial charge in [-0.3, -0.25) is 14.2 Å². The molecule has 2 aromatic carbocycles. The average molecular weight is 463 g/mol. The van der Waals surface area contributed by atoms with Crippen LogP contribution in [0.3, 0.4) is 0 Å². The largest absolute Gasteiger partial charge is 0.356 e. The summed E-state index contributed by atoms with van der Waals surface area (Å²) in [6.07, 6.45) is 1.28. The molecule has 0 unspecified atom stereocenters. The monoisotopic (exact) mass is 462 g/mol. The van der Waals surface area contributed by atoms with Gasteiger partial charge in [0, 0.05) is 35.5 Å².